The molecule has 0 fully saturated rings. The molecule has 24 heavy (non-hydrogen) atoms. The molecule has 0 heterocycles. The molecule has 0 unspecified atom stereocenters. The van der Waals surface area contributed by atoms with Crippen LogP contribution in [-0.4, -0.2) is 38.0 Å². The topological polar surface area (TPSA) is 65.5 Å². The van der Waals surface area contributed by atoms with Crippen molar-refractivity contribution in [2.45, 2.75) is 27.2 Å². The maximum Gasteiger partial charge on any atom is 0.222 e. The van der Waals surface area contributed by atoms with Crippen molar-refractivity contribution >= 4 is 35.8 Å². The van der Waals surface area contributed by atoms with Crippen LogP contribution in [0.15, 0.2) is 29.3 Å². The van der Waals surface area contributed by atoms with Gasteiger partial charge in [0, 0.05) is 32.1 Å². The Balaban J connectivity index is 0.00000529. The summed E-state index contributed by atoms with van der Waals surface area (Å²) in [5.41, 5.74) is 0.925. The summed E-state index contributed by atoms with van der Waals surface area (Å²) in [6.07, 6.45) is 0.679. The van der Waals surface area contributed by atoms with Gasteiger partial charge in [-0.2, -0.15) is 0 Å². The Hall–Kier alpha value is -1.38. The van der Waals surface area contributed by atoms with Gasteiger partial charge in [-0.1, -0.05) is 26.0 Å². The molecular weight excluding hydrogens is 422 g/mol. The van der Waals surface area contributed by atoms with Gasteiger partial charge in [0.25, 0.3) is 0 Å². The van der Waals surface area contributed by atoms with E-state index in [4.69, 9.17) is 0 Å². The van der Waals surface area contributed by atoms with Crippen molar-refractivity contribution in [1.82, 2.24) is 16.0 Å². The van der Waals surface area contributed by atoms with Crippen LogP contribution < -0.4 is 16.0 Å². The van der Waals surface area contributed by atoms with E-state index in [1.54, 1.807) is 6.07 Å². The molecule has 7 heteroatoms. The lowest BCUT2D eigenvalue weighted by Crippen LogP contribution is -2.42. The fourth-order valence-electron chi connectivity index (χ4n) is 1.90. The molecule has 1 amide bonds. The minimum atomic E-state index is -0.225. The molecule has 0 aromatic heterocycles. The summed E-state index contributed by atoms with van der Waals surface area (Å²) in [5, 5.41) is 9.15. The Kier molecular flexibility index (Phi) is 12.2. The Labute approximate surface area is 160 Å². The minimum absolute atomic E-state index is 0. The SMILES string of the molecule is CCNC(=NCCc1cccc(F)c1)NCCNC(=O)C(C)C.I. The van der Waals surface area contributed by atoms with Gasteiger partial charge in [-0.3, -0.25) is 9.79 Å². The van der Waals surface area contributed by atoms with Gasteiger partial charge in [-0.15, -0.1) is 24.0 Å². The Bertz CT molecular complexity index is 523. The molecule has 0 aliphatic carbocycles. The van der Waals surface area contributed by atoms with E-state index in [0.717, 1.165) is 12.1 Å². The monoisotopic (exact) mass is 450 g/mol. The second-order valence-corrected chi connectivity index (χ2v) is 5.51. The number of amides is 1. The molecular formula is C17H28FIN4O. The second-order valence-electron chi connectivity index (χ2n) is 5.51. The van der Waals surface area contributed by atoms with Crippen LogP contribution in [0.1, 0.15) is 26.3 Å². The maximum atomic E-state index is 13.1. The summed E-state index contributed by atoms with van der Waals surface area (Å²) in [5.74, 6) is 0.503. The highest BCUT2D eigenvalue weighted by Gasteiger charge is 2.05. The molecule has 0 radical (unpaired) electrons. The van der Waals surface area contributed by atoms with Crippen LogP contribution in [0.3, 0.4) is 0 Å². The highest BCUT2D eigenvalue weighted by atomic mass is 127. The highest BCUT2D eigenvalue weighted by molar-refractivity contribution is 14.0. The highest BCUT2D eigenvalue weighted by Crippen LogP contribution is 2.04. The number of rotatable bonds is 8. The number of carbonyl (C=O) groups excluding carboxylic acids is 1. The fourth-order valence-corrected chi connectivity index (χ4v) is 1.90. The van der Waals surface area contributed by atoms with E-state index >= 15 is 0 Å². The van der Waals surface area contributed by atoms with Gasteiger partial charge < -0.3 is 16.0 Å². The molecule has 0 aliphatic rings. The van der Waals surface area contributed by atoms with Crippen LogP contribution in [0.2, 0.25) is 0 Å². The molecule has 136 valence electrons. The van der Waals surface area contributed by atoms with Crippen LogP contribution in [0, 0.1) is 11.7 Å². The fraction of sp³-hybridized carbons (Fsp3) is 0.529. The Morgan fingerprint density at radius 1 is 1.21 bits per heavy atom. The van der Waals surface area contributed by atoms with Crippen LogP contribution in [0.25, 0.3) is 0 Å². The largest absolute Gasteiger partial charge is 0.357 e. The van der Waals surface area contributed by atoms with E-state index in [-0.39, 0.29) is 41.6 Å². The first-order chi connectivity index (χ1) is 11.0. The summed E-state index contributed by atoms with van der Waals surface area (Å²) in [6.45, 7) is 8.18. The number of nitrogens with one attached hydrogen (secondary N) is 3. The summed E-state index contributed by atoms with van der Waals surface area (Å²) in [4.78, 5) is 15.9. The smallest absolute Gasteiger partial charge is 0.222 e. The van der Waals surface area contributed by atoms with E-state index in [1.807, 2.05) is 26.8 Å². The zero-order valence-corrected chi connectivity index (χ0v) is 16.9. The standard InChI is InChI=1S/C17H27FN4O.HI/c1-4-19-17(22-11-10-20-16(23)13(2)3)21-9-8-14-6-5-7-15(18)12-14;/h5-7,12-13H,4,8-11H2,1-3H3,(H,20,23)(H2,19,21,22);1H. The predicted molar refractivity (Wildman–Crippen MR) is 107 cm³/mol. The van der Waals surface area contributed by atoms with Crippen molar-refractivity contribution < 1.29 is 9.18 Å². The third-order valence-corrected chi connectivity index (χ3v) is 3.14. The average Bonchev–Trinajstić information content (AvgIpc) is 2.51. The first-order valence-corrected chi connectivity index (χ1v) is 8.07. The summed E-state index contributed by atoms with van der Waals surface area (Å²) < 4.78 is 13.1. The minimum Gasteiger partial charge on any atom is -0.357 e. The number of hydrogen-bond donors (Lipinski definition) is 3. The summed E-state index contributed by atoms with van der Waals surface area (Å²) in [7, 11) is 0. The molecule has 0 bridgehead atoms. The quantitative estimate of drug-likeness (QED) is 0.247. The Morgan fingerprint density at radius 3 is 2.54 bits per heavy atom. The molecule has 1 rings (SSSR count). The normalized spacial score (nSPS) is 11.0. The maximum absolute atomic E-state index is 13.1. The average molecular weight is 450 g/mol. The molecule has 0 saturated heterocycles. The molecule has 5 nitrogen and oxygen atoms in total. The van der Waals surface area contributed by atoms with Crippen LogP contribution >= 0.6 is 24.0 Å². The van der Waals surface area contributed by atoms with Crippen molar-refractivity contribution in [2.24, 2.45) is 10.9 Å². The predicted octanol–water partition coefficient (Wildman–Crippen LogP) is 2.31. The molecule has 1 aromatic rings. The first kappa shape index (κ1) is 22.6. The van der Waals surface area contributed by atoms with Crippen LogP contribution in [-0.2, 0) is 11.2 Å². The molecule has 0 saturated carbocycles. The van der Waals surface area contributed by atoms with E-state index in [2.05, 4.69) is 20.9 Å². The second kappa shape index (κ2) is 13.0. The zero-order valence-electron chi connectivity index (χ0n) is 14.6. The summed E-state index contributed by atoms with van der Waals surface area (Å²) in [6, 6.07) is 6.55. The van der Waals surface area contributed by atoms with E-state index in [1.165, 1.54) is 12.1 Å². The Morgan fingerprint density at radius 2 is 1.92 bits per heavy atom. The number of halogens is 2. The first-order valence-electron chi connectivity index (χ1n) is 8.07. The molecule has 0 aliphatic heterocycles. The van der Waals surface area contributed by atoms with Crippen LogP contribution in [0.4, 0.5) is 4.39 Å². The lowest BCUT2D eigenvalue weighted by Gasteiger charge is -2.12. The van der Waals surface area contributed by atoms with Gasteiger partial charge >= 0.3 is 0 Å². The number of benzene rings is 1. The third kappa shape index (κ3) is 9.69. The molecule has 1 aromatic carbocycles. The van der Waals surface area contributed by atoms with Crippen molar-refractivity contribution in [3.8, 4) is 0 Å². The third-order valence-electron chi connectivity index (χ3n) is 3.14. The van der Waals surface area contributed by atoms with E-state index < -0.39 is 0 Å². The van der Waals surface area contributed by atoms with Gasteiger partial charge in [0.15, 0.2) is 5.96 Å². The number of hydrogen-bond acceptors (Lipinski definition) is 2. The van der Waals surface area contributed by atoms with Crippen molar-refractivity contribution in [1.29, 1.82) is 0 Å². The van der Waals surface area contributed by atoms with Crippen LogP contribution in [0.5, 0.6) is 0 Å². The molecule has 0 spiro atoms. The van der Waals surface area contributed by atoms with Crippen molar-refractivity contribution in [2.75, 3.05) is 26.2 Å². The number of nitrogens with zero attached hydrogens (tertiary/aromatic N) is 1. The van der Waals surface area contributed by atoms with Gasteiger partial charge in [0.1, 0.15) is 5.82 Å². The van der Waals surface area contributed by atoms with Crippen molar-refractivity contribution in [3.05, 3.63) is 35.6 Å². The van der Waals surface area contributed by atoms with E-state index in [9.17, 15) is 9.18 Å². The van der Waals surface area contributed by atoms with E-state index in [0.29, 0.717) is 32.0 Å². The number of carbonyl (C=O) groups is 1. The van der Waals surface area contributed by atoms with Crippen molar-refractivity contribution in [3.63, 3.8) is 0 Å². The number of aliphatic imine (C=N–C) groups is 1. The zero-order chi connectivity index (χ0) is 17.1. The molecule has 3 N–H and O–H groups in total. The summed E-state index contributed by atoms with van der Waals surface area (Å²) >= 11 is 0. The van der Waals surface area contributed by atoms with Gasteiger partial charge in [-0.05, 0) is 31.0 Å². The van der Waals surface area contributed by atoms with Gasteiger partial charge in [0.2, 0.25) is 5.91 Å². The van der Waals surface area contributed by atoms with Gasteiger partial charge in [0.05, 0.1) is 0 Å². The lowest BCUT2D eigenvalue weighted by molar-refractivity contribution is -0.123. The number of guanidine groups is 1. The molecule has 0 atom stereocenters. The lowest BCUT2D eigenvalue weighted by atomic mass is 10.1. The van der Waals surface area contributed by atoms with Gasteiger partial charge in [-0.25, -0.2) is 4.39 Å².